The largest absolute Gasteiger partial charge is 0.484 e. The molecule has 0 fully saturated rings. The molecule has 1 aliphatic heterocycles. The average molecular weight is 462 g/mol. The Morgan fingerprint density at radius 1 is 1.06 bits per heavy atom. The van der Waals surface area contributed by atoms with Crippen molar-refractivity contribution >= 4 is 23.4 Å². The lowest BCUT2D eigenvalue weighted by Crippen LogP contribution is -2.31. The molecule has 33 heavy (non-hydrogen) atoms. The first-order chi connectivity index (χ1) is 16.1. The van der Waals surface area contributed by atoms with Crippen LogP contribution in [0.3, 0.4) is 0 Å². The normalized spacial score (nSPS) is 12.8. The molecule has 2 heterocycles. The summed E-state index contributed by atoms with van der Waals surface area (Å²) >= 11 is 1.56. The highest BCUT2D eigenvalue weighted by atomic mass is 32.2. The summed E-state index contributed by atoms with van der Waals surface area (Å²) in [5.41, 5.74) is 2.35. The summed E-state index contributed by atoms with van der Waals surface area (Å²) in [6.07, 6.45) is 0.849. The van der Waals surface area contributed by atoms with Gasteiger partial charge >= 0.3 is 0 Å². The van der Waals surface area contributed by atoms with Crippen LogP contribution in [0, 0.1) is 5.82 Å². The van der Waals surface area contributed by atoms with Gasteiger partial charge in [0.1, 0.15) is 11.6 Å². The number of aromatic nitrogens is 2. The molecule has 0 N–H and O–H groups in total. The molecule has 0 unspecified atom stereocenters. The van der Waals surface area contributed by atoms with E-state index < -0.39 is 0 Å². The Bertz CT molecular complexity index is 1310. The molecule has 0 spiro atoms. The van der Waals surface area contributed by atoms with Crippen LogP contribution in [0.1, 0.15) is 29.6 Å². The van der Waals surface area contributed by atoms with Gasteiger partial charge in [0.05, 0.1) is 11.3 Å². The monoisotopic (exact) mass is 461 g/mol. The number of carbonyl (C=O) groups is 1. The molecule has 3 aromatic carbocycles. The maximum absolute atomic E-state index is 13.2. The van der Waals surface area contributed by atoms with Crippen LogP contribution in [0.25, 0.3) is 11.4 Å². The Kier molecular flexibility index (Phi) is 5.83. The second-order valence-electron chi connectivity index (χ2n) is 7.49. The molecule has 0 radical (unpaired) electrons. The first-order valence-corrected chi connectivity index (χ1v) is 11.4. The zero-order valence-corrected chi connectivity index (χ0v) is 18.6. The highest BCUT2D eigenvalue weighted by molar-refractivity contribution is 7.99. The van der Waals surface area contributed by atoms with Crippen molar-refractivity contribution in [2.45, 2.75) is 29.7 Å². The third-order valence-corrected chi connectivity index (χ3v) is 6.31. The van der Waals surface area contributed by atoms with Crippen LogP contribution in [0.15, 0.2) is 81.0 Å². The van der Waals surface area contributed by atoms with E-state index in [9.17, 15) is 9.18 Å². The number of ether oxygens (including phenoxy) is 1. The molecule has 166 valence electrons. The van der Waals surface area contributed by atoms with Crippen LogP contribution in [-0.2, 0) is 6.61 Å². The first kappa shape index (κ1) is 21.2. The molecule has 0 bridgehead atoms. The van der Waals surface area contributed by atoms with Crippen molar-refractivity contribution in [2.75, 3.05) is 11.4 Å². The molecular weight excluding hydrogens is 441 g/mol. The number of hydrogen-bond donors (Lipinski definition) is 0. The van der Waals surface area contributed by atoms with Crippen LogP contribution in [0.2, 0.25) is 0 Å². The lowest BCUT2D eigenvalue weighted by atomic mass is 10.1. The van der Waals surface area contributed by atoms with E-state index in [1.807, 2.05) is 47.4 Å². The highest BCUT2D eigenvalue weighted by Crippen LogP contribution is 2.42. The van der Waals surface area contributed by atoms with E-state index in [0.29, 0.717) is 29.6 Å². The van der Waals surface area contributed by atoms with Crippen LogP contribution in [0.5, 0.6) is 5.75 Å². The van der Waals surface area contributed by atoms with Crippen molar-refractivity contribution in [1.29, 1.82) is 0 Å². The molecule has 0 saturated heterocycles. The summed E-state index contributed by atoms with van der Waals surface area (Å²) in [6, 6.07) is 19.2. The molecule has 1 amide bonds. The molecule has 1 aliphatic rings. The molecule has 6 nitrogen and oxygen atoms in total. The van der Waals surface area contributed by atoms with Gasteiger partial charge in [-0.3, -0.25) is 4.79 Å². The van der Waals surface area contributed by atoms with Gasteiger partial charge in [0.15, 0.2) is 6.61 Å². The summed E-state index contributed by atoms with van der Waals surface area (Å²) in [5.74, 6) is 0.931. The summed E-state index contributed by atoms with van der Waals surface area (Å²) < 4.78 is 24.0. The van der Waals surface area contributed by atoms with Crippen molar-refractivity contribution in [3.63, 3.8) is 0 Å². The third-order valence-electron chi connectivity index (χ3n) is 5.18. The summed E-state index contributed by atoms with van der Waals surface area (Å²) in [4.78, 5) is 21.3. The first-order valence-electron chi connectivity index (χ1n) is 10.6. The minimum Gasteiger partial charge on any atom is -0.484 e. The smallest absolute Gasteiger partial charge is 0.264 e. The fourth-order valence-corrected chi connectivity index (χ4v) is 4.73. The predicted molar refractivity (Wildman–Crippen MR) is 123 cm³/mol. The van der Waals surface area contributed by atoms with Crippen molar-refractivity contribution in [3.8, 4) is 17.1 Å². The van der Waals surface area contributed by atoms with Crippen LogP contribution >= 0.6 is 11.8 Å². The number of fused-ring (bicyclic) bond motifs is 2. The summed E-state index contributed by atoms with van der Waals surface area (Å²) in [6.45, 7) is 2.76. The fraction of sp³-hybridized carbons (Fsp3) is 0.160. The molecule has 0 atom stereocenters. The number of hydrogen-bond acceptors (Lipinski definition) is 6. The van der Waals surface area contributed by atoms with Crippen molar-refractivity contribution in [2.24, 2.45) is 0 Å². The van der Waals surface area contributed by atoms with Crippen molar-refractivity contribution in [3.05, 3.63) is 84.0 Å². The zero-order valence-electron chi connectivity index (χ0n) is 17.8. The van der Waals surface area contributed by atoms with Gasteiger partial charge in [0.25, 0.3) is 11.8 Å². The maximum atomic E-state index is 13.2. The van der Waals surface area contributed by atoms with E-state index in [4.69, 9.17) is 9.26 Å². The number of benzene rings is 3. The highest BCUT2D eigenvalue weighted by Gasteiger charge is 2.27. The molecular formula is C25H20FN3O3S. The lowest BCUT2D eigenvalue weighted by molar-refractivity contribution is 0.0984. The van der Waals surface area contributed by atoms with Gasteiger partial charge in [-0.25, -0.2) is 4.39 Å². The molecule has 1 aromatic heterocycles. The third kappa shape index (κ3) is 4.34. The van der Waals surface area contributed by atoms with Gasteiger partial charge in [-0.2, -0.15) is 4.98 Å². The van der Waals surface area contributed by atoms with E-state index in [1.54, 1.807) is 11.8 Å². The Morgan fingerprint density at radius 3 is 2.70 bits per heavy atom. The molecule has 4 aromatic rings. The van der Waals surface area contributed by atoms with Gasteiger partial charge in [0, 0.05) is 21.9 Å². The van der Waals surface area contributed by atoms with E-state index in [-0.39, 0.29) is 18.3 Å². The van der Waals surface area contributed by atoms with Gasteiger partial charge < -0.3 is 14.2 Å². The second kappa shape index (κ2) is 9.07. The summed E-state index contributed by atoms with van der Waals surface area (Å²) in [5, 5.41) is 4.08. The maximum Gasteiger partial charge on any atom is 0.264 e. The topological polar surface area (TPSA) is 68.5 Å². The standard InChI is InChI=1S/C25H20FN3O3S/c1-2-13-29-20-12-7-16(14-22(20)33-21-6-4-3-5-19(21)25(29)30)24-27-23(32-28-24)15-31-18-10-8-17(26)9-11-18/h3-12,14H,2,13,15H2,1H3. The SMILES string of the molecule is CCCN1C(=O)c2ccccc2Sc2cc(-c3noc(COc4ccc(F)cc4)n3)ccc21. The van der Waals surface area contributed by atoms with Crippen LogP contribution in [-0.4, -0.2) is 22.6 Å². The molecule has 8 heteroatoms. The second-order valence-corrected chi connectivity index (χ2v) is 8.58. The molecule has 0 saturated carbocycles. The Hall–Kier alpha value is -3.65. The van der Waals surface area contributed by atoms with E-state index in [1.165, 1.54) is 24.3 Å². The number of rotatable bonds is 6. The average Bonchev–Trinajstić information content (AvgIpc) is 3.27. The number of carbonyl (C=O) groups excluding carboxylic acids is 1. The lowest BCUT2D eigenvalue weighted by Gasteiger charge is -2.22. The van der Waals surface area contributed by atoms with E-state index >= 15 is 0 Å². The number of halogens is 1. The quantitative estimate of drug-likeness (QED) is 0.352. The fourth-order valence-electron chi connectivity index (χ4n) is 3.62. The van der Waals surface area contributed by atoms with Gasteiger partial charge in [-0.15, -0.1) is 0 Å². The van der Waals surface area contributed by atoms with Gasteiger partial charge in [0.2, 0.25) is 5.82 Å². The minimum atomic E-state index is -0.328. The number of anilines is 1. The van der Waals surface area contributed by atoms with E-state index in [2.05, 4.69) is 17.1 Å². The summed E-state index contributed by atoms with van der Waals surface area (Å²) in [7, 11) is 0. The van der Waals surface area contributed by atoms with Crippen molar-refractivity contribution < 1.29 is 18.4 Å². The molecule has 5 rings (SSSR count). The van der Waals surface area contributed by atoms with Crippen molar-refractivity contribution in [1.82, 2.24) is 10.1 Å². The minimum absolute atomic E-state index is 0.00578. The van der Waals surface area contributed by atoms with Crippen LogP contribution < -0.4 is 9.64 Å². The zero-order chi connectivity index (χ0) is 22.8. The number of nitrogens with zero attached hydrogens (tertiary/aromatic N) is 3. The Balaban J connectivity index is 1.42. The Morgan fingerprint density at radius 2 is 1.88 bits per heavy atom. The van der Waals surface area contributed by atoms with Gasteiger partial charge in [-0.05, 0) is 61.0 Å². The van der Waals surface area contributed by atoms with E-state index in [0.717, 1.165) is 27.5 Å². The van der Waals surface area contributed by atoms with Crippen LogP contribution in [0.4, 0.5) is 10.1 Å². The predicted octanol–water partition coefficient (Wildman–Crippen LogP) is 5.98. The molecule has 0 aliphatic carbocycles. The Labute approximate surface area is 194 Å². The van der Waals surface area contributed by atoms with Gasteiger partial charge in [-0.1, -0.05) is 36.0 Å². The number of amides is 1.